The number of hydrogen-bond acceptors (Lipinski definition) is 1. The van der Waals surface area contributed by atoms with E-state index in [1.165, 1.54) is 38.5 Å². The van der Waals surface area contributed by atoms with E-state index in [1.54, 1.807) is 0 Å². The van der Waals surface area contributed by atoms with Crippen molar-refractivity contribution >= 4 is 0 Å². The molecule has 0 amide bonds. The van der Waals surface area contributed by atoms with E-state index < -0.39 is 0 Å². The fourth-order valence-corrected chi connectivity index (χ4v) is 1.84. The van der Waals surface area contributed by atoms with Crippen LogP contribution in [0.25, 0.3) is 0 Å². The van der Waals surface area contributed by atoms with Gasteiger partial charge in [0.1, 0.15) is 0 Å². The molecule has 0 saturated carbocycles. The smallest absolute Gasteiger partial charge is 0.0468 e. The molecule has 0 aromatic heterocycles. The van der Waals surface area contributed by atoms with Gasteiger partial charge in [0.25, 0.3) is 0 Å². The first-order valence-corrected chi connectivity index (χ1v) is 8.59. The molecular formula is C18H40O. The Morgan fingerprint density at radius 1 is 0.895 bits per heavy atom. The van der Waals surface area contributed by atoms with Crippen molar-refractivity contribution in [1.82, 2.24) is 0 Å². The molecule has 0 bridgehead atoms. The van der Waals surface area contributed by atoms with Gasteiger partial charge < -0.3 is 4.74 Å². The lowest BCUT2D eigenvalue weighted by Crippen LogP contribution is -2.12. The third-order valence-corrected chi connectivity index (χ3v) is 3.71. The second kappa shape index (κ2) is 16.0. The van der Waals surface area contributed by atoms with Crippen LogP contribution in [0.2, 0.25) is 0 Å². The highest BCUT2D eigenvalue weighted by Crippen LogP contribution is 2.16. The van der Waals surface area contributed by atoms with Crippen molar-refractivity contribution in [3.05, 3.63) is 0 Å². The molecule has 1 aliphatic heterocycles. The van der Waals surface area contributed by atoms with E-state index in [9.17, 15) is 0 Å². The molecule has 1 aliphatic rings. The van der Waals surface area contributed by atoms with Crippen molar-refractivity contribution in [3.8, 4) is 0 Å². The van der Waals surface area contributed by atoms with Crippen LogP contribution in [-0.4, -0.2) is 13.2 Å². The Hall–Kier alpha value is -0.0400. The Kier molecular flexibility index (Phi) is 17.9. The summed E-state index contributed by atoms with van der Waals surface area (Å²) >= 11 is 0. The van der Waals surface area contributed by atoms with E-state index in [0.29, 0.717) is 0 Å². The van der Waals surface area contributed by atoms with Gasteiger partial charge in [0.15, 0.2) is 0 Å². The Labute approximate surface area is 123 Å². The van der Waals surface area contributed by atoms with Crippen LogP contribution in [-0.2, 0) is 4.74 Å². The van der Waals surface area contributed by atoms with Crippen LogP contribution >= 0.6 is 0 Å². The maximum absolute atomic E-state index is 5.14. The first-order chi connectivity index (χ1) is 9.01. The molecule has 0 aromatic rings. The molecule has 0 spiro atoms. The molecule has 0 N–H and O–H groups in total. The second-order valence-corrected chi connectivity index (χ2v) is 6.26. The average Bonchev–Trinajstić information content (AvgIpc) is 2.41. The van der Waals surface area contributed by atoms with Crippen LogP contribution in [0, 0.1) is 17.8 Å². The summed E-state index contributed by atoms with van der Waals surface area (Å²) in [5, 5.41) is 0. The number of rotatable bonds is 4. The van der Waals surface area contributed by atoms with Crippen LogP contribution in [0.1, 0.15) is 87.0 Å². The summed E-state index contributed by atoms with van der Waals surface area (Å²) < 4.78 is 5.14. The van der Waals surface area contributed by atoms with Gasteiger partial charge in [0.2, 0.25) is 0 Å². The van der Waals surface area contributed by atoms with Gasteiger partial charge in [-0.1, -0.05) is 67.7 Å². The zero-order valence-electron chi connectivity index (χ0n) is 14.8. The van der Waals surface area contributed by atoms with Gasteiger partial charge in [-0.15, -0.1) is 0 Å². The minimum atomic E-state index is 0.911. The largest absolute Gasteiger partial charge is 0.381 e. The van der Waals surface area contributed by atoms with Crippen LogP contribution < -0.4 is 0 Å². The summed E-state index contributed by atoms with van der Waals surface area (Å²) in [5.41, 5.74) is 0. The Bertz CT molecular complexity index is 142. The summed E-state index contributed by atoms with van der Waals surface area (Å²) in [7, 11) is 0. The summed E-state index contributed by atoms with van der Waals surface area (Å²) in [6.45, 7) is 17.7. The number of hydrogen-bond donors (Lipinski definition) is 0. The molecule has 1 saturated heterocycles. The highest BCUT2D eigenvalue weighted by molar-refractivity contribution is 4.56. The molecule has 2 unspecified atom stereocenters. The topological polar surface area (TPSA) is 9.23 Å². The fraction of sp³-hybridized carbons (Fsp3) is 1.00. The molecular weight excluding hydrogens is 232 g/mol. The Morgan fingerprint density at radius 3 is 1.47 bits per heavy atom. The molecule has 0 aliphatic carbocycles. The molecule has 118 valence electrons. The van der Waals surface area contributed by atoms with Crippen molar-refractivity contribution in [2.24, 2.45) is 17.8 Å². The SMILES string of the molecule is CC1CCOCC1.CCC.CCC(C)CC(C)CC. The summed E-state index contributed by atoms with van der Waals surface area (Å²) in [6, 6.07) is 0. The standard InChI is InChI=1S/C9H20.C6H12O.C3H8/c1-5-8(3)7-9(4)6-2;1-6-2-4-7-5-3-6;1-3-2/h8-9H,5-7H2,1-4H3;6H,2-5H2,1H3;3H2,1-2H3. The van der Waals surface area contributed by atoms with E-state index in [-0.39, 0.29) is 0 Å². The van der Waals surface area contributed by atoms with Crippen molar-refractivity contribution < 1.29 is 4.74 Å². The van der Waals surface area contributed by atoms with Gasteiger partial charge in [0.05, 0.1) is 0 Å². The van der Waals surface area contributed by atoms with Crippen molar-refractivity contribution in [2.45, 2.75) is 87.0 Å². The van der Waals surface area contributed by atoms with E-state index in [1.807, 2.05) is 0 Å². The fourth-order valence-electron chi connectivity index (χ4n) is 1.84. The van der Waals surface area contributed by atoms with Crippen LogP contribution in [0.5, 0.6) is 0 Å². The van der Waals surface area contributed by atoms with Crippen LogP contribution in [0.15, 0.2) is 0 Å². The second-order valence-electron chi connectivity index (χ2n) is 6.26. The molecule has 0 aromatic carbocycles. The van der Waals surface area contributed by atoms with Crippen LogP contribution in [0.3, 0.4) is 0 Å². The predicted octanol–water partition coefficient (Wildman–Crippen LogP) is 6.32. The van der Waals surface area contributed by atoms with Gasteiger partial charge in [-0.3, -0.25) is 0 Å². The minimum Gasteiger partial charge on any atom is -0.381 e. The predicted molar refractivity (Wildman–Crippen MR) is 88.7 cm³/mol. The highest BCUT2D eigenvalue weighted by Gasteiger charge is 2.06. The molecule has 0 radical (unpaired) electrons. The van der Waals surface area contributed by atoms with Gasteiger partial charge in [0, 0.05) is 13.2 Å². The third kappa shape index (κ3) is 18.0. The third-order valence-electron chi connectivity index (χ3n) is 3.71. The van der Waals surface area contributed by atoms with Gasteiger partial charge in [-0.2, -0.15) is 0 Å². The lowest BCUT2D eigenvalue weighted by Gasteiger charge is -2.16. The average molecular weight is 273 g/mol. The zero-order chi connectivity index (χ0) is 15.1. The summed E-state index contributed by atoms with van der Waals surface area (Å²) in [6.07, 6.45) is 7.86. The molecule has 1 nitrogen and oxygen atoms in total. The monoisotopic (exact) mass is 272 g/mol. The van der Waals surface area contributed by atoms with E-state index >= 15 is 0 Å². The Balaban J connectivity index is 0. The molecule has 1 heterocycles. The zero-order valence-corrected chi connectivity index (χ0v) is 14.8. The minimum absolute atomic E-state index is 0.911. The van der Waals surface area contributed by atoms with Gasteiger partial charge in [-0.25, -0.2) is 0 Å². The lowest BCUT2D eigenvalue weighted by molar-refractivity contribution is 0.0716. The Morgan fingerprint density at radius 2 is 1.26 bits per heavy atom. The maximum atomic E-state index is 5.14. The van der Waals surface area contributed by atoms with Crippen molar-refractivity contribution in [2.75, 3.05) is 13.2 Å². The summed E-state index contributed by atoms with van der Waals surface area (Å²) in [4.78, 5) is 0. The quantitative estimate of drug-likeness (QED) is 0.582. The van der Waals surface area contributed by atoms with E-state index in [4.69, 9.17) is 4.74 Å². The van der Waals surface area contributed by atoms with Gasteiger partial charge >= 0.3 is 0 Å². The van der Waals surface area contributed by atoms with E-state index in [0.717, 1.165) is 31.0 Å². The van der Waals surface area contributed by atoms with E-state index in [2.05, 4.69) is 48.5 Å². The molecule has 2 atom stereocenters. The van der Waals surface area contributed by atoms with Gasteiger partial charge in [-0.05, 0) is 37.0 Å². The highest BCUT2D eigenvalue weighted by atomic mass is 16.5. The van der Waals surface area contributed by atoms with Crippen molar-refractivity contribution in [1.29, 1.82) is 0 Å². The molecule has 1 heteroatoms. The molecule has 1 fully saturated rings. The molecule has 19 heavy (non-hydrogen) atoms. The van der Waals surface area contributed by atoms with Crippen molar-refractivity contribution in [3.63, 3.8) is 0 Å². The maximum Gasteiger partial charge on any atom is 0.0468 e. The number of ether oxygens (including phenoxy) is 1. The first-order valence-electron chi connectivity index (χ1n) is 8.59. The first kappa shape index (κ1) is 21.3. The summed E-state index contributed by atoms with van der Waals surface area (Å²) in [5.74, 6) is 2.77. The molecule has 1 rings (SSSR count). The normalized spacial score (nSPS) is 18.5. The lowest BCUT2D eigenvalue weighted by atomic mass is 9.94. The van der Waals surface area contributed by atoms with Crippen LogP contribution in [0.4, 0.5) is 0 Å².